The molecule has 0 fully saturated rings. The van der Waals surface area contributed by atoms with Crippen molar-refractivity contribution in [2.45, 2.75) is 0 Å². The van der Waals surface area contributed by atoms with Crippen molar-refractivity contribution in [1.29, 1.82) is 0 Å². The van der Waals surface area contributed by atoms with Crippen molar-refractivity contribution in [2.75, 3.05) is 0 Å². The zero-order valence-electron chi connectivity index (χ0n) is 17.1. The van der Waals surface area contributed by atoms with Crippen LogP contribution in [-0.2, 0) is 0 Å². The Morgan fingerprint density at radius 3 is 1.82 bits per heavy atom. The lowest BCUT2D eigenvalue weighted by atomic mass is 10.0. The summed E-state index contributed by atoms with van der Waals surface area (Å²) in [6.07, 6.45) is 0. The van der Waals surface area contributed by atoms with Gasteiger partial charge < -0.3 is 24.8 Å². The minimum absolute atomic E-state index is 0.144. The summed E-state index contributed by atoms with van der Waals surface area (Å²) in [7, 11) is 0. The Morgan fingerprint density at radius 2 is 1.18 bits per heavy atom. The molecule has 0 aromatic heterocycles. The summed E-state index contributed by atoms with van der Waals surface area (Å²) in [5.74, 6) is -3.03. The standard InChI is InChI=1S/C26H18O7/c27-21-13-18(14-22(28)24(21)29)26(31)32-19-11-12-23(20(15-19)16-7-3-1-4-8-16)33-25(30)17-9-5-2-6-10-17/h1-15,27-29H. The van der Waals surface area contributed by atoms with Crippen LogP contribution in [0.1, 0.15) is 20.7 Å². The molecule has 0 saturated carbocycles. The third-order valence-corrected chi connectivity index (χ3v) is 4.76. The van der Waals surface area contributed by atoms with Gasteiger partial charge in [-0.15, -0.1) is 0 Å². The van der Waals surface area contributed by atoms with Gasteiger partial charge in [-0.25, -0.2) is 9.59 Å². The molecule has 3 N–H and O–H groups in total. The van der Waals surface area contributed by atoms with Crippen LogP contribution < -0.4 is 9.47 Å². The van der Waals surface area contributed by atoms with Gasteiger partial charge in [-0.2, -0.15) is 0 Å². The summed E-state index contributed by atoms with van der Waals surface area (Å²) >= 11 is 0. The molecular formula is C26H18O7. The zero-order chi connectivity index (χ0) is 23.4. The topological polar surface area (TPSA) is 113 Å². The highest BCUT2D eigenvalue weighted by molar-refractivity contribution is 5.94. The minimum atomic E-state index is -0.867. The smallest absolute Gasteiger partial charge is 0.343 e. The van der Waals surface area contributed by atoms with E-state index in [2.05, 4.69) is 0 Å². The molecule has 7 heteroatoms. The van der Waals surface area contributed by atoms with E-state index < -0.39 is 29.2 Å². The number of phenols is 3. The van der Waals surface area contributed by atoms with Gasteiger partial charge in [-0.3, -0.25) is 0 Å². The van der Waals surface area contributed by atoms with Crippen molar-refractivity contribution in [3.8, 4) is 39.9 Å². The molecule has 0 spiro atoms. The van der Waals surface area contributed by atoms with Gasteiger partial charge in [0, 0.05) is 5.56 Å². The van der Waals surface area contributed by atoms with Gasteiger partial charge in [-0.1, -0.05) is 48.5 Å². The normalized spacial score (nSPS) is 10.4. The molecule has 0 heterocycles. The van der Waals surface area contributed by atoms with Gasteiger partial charge >= 0.3 is 11.9 Å². The predicted octanol–water partition coefficient (Wildman–Crippen LogP) is 4.91. The number of benzene rings is 4. The van der Waals surface area contributed by atoms with E-state index in [1.165, 1.54) is 12.1 Å². The van der Waals surface area contributed by atoms with Gasteiger partial charge in [0.05, 0.1) is 11.1 Å². The molecule has 0 aliphatic carbocycles. The fourth-order valence-corrected chi connectivity index (χ4v) is 3.13. The maximum Gasteiger partial charge on any atom is 0.343 e. The molecule has 4 aromatic rings. The van der Waals surface area contributed by atoms with Gasteiger partial charge in [0.1, 0.15) is 11.5 Å². The van der Waals surface area contributed by atoms with Crippen LogP contribution >= 0.6 is 0 Å². The van der Waals surface area contributed by atoms with E-state index in [0.29, 0.717) is 11.1 Å². The van der Waals surface area contributed by atoms with Crippen LogP contribution in [-0.4, -0.2) is 27.3 Å². The van der Waals surface area contributed by atoms with Crippen LogP contribution in [0, 0.1) is 0 Å². The second-order valence-electron chi connectivity index (χ2n) is 7.03. The summed E-state index contributed by atoms with van der Waals surface area (Å²) in [6.45, 7) is 0. The largest absolute Gasteiger partial charge is 0.504 e. The first-order valence-electron chi connectivity index (χ1n) is 9.86. The molecule has 0 amide bonds. The first-order valence-corrected chi connectivity index (χ1v) is 9.86. The lowest BCUT2D eigenvalue weighted by molar-refractivity contribution is 0.0719. The number of rotatable bonds is 5. The average molecular weight is 442 g/mol. The van der Waals surface area contributed by atoms with Crippen LogP contribution in [0.5, 0.6) is 28.7 Å². The highest BCUT2D eigenvalue weighted by Gasteiger charge is 2.18. The molecular weight excluding hydrogens is 424 g/mol. The summed E-state index contributed by atoms with van der Waals surface area (Å²) < 4.78 is 11.0. The minimum Gasteiger partial charge on any atom is -0.504 e. The van der Waals surface area contributed by atoms with Crippen LogP contribution in [0.15, 0.2) is 91.0 Å². The third-order valence-electron chi connectivity index (χ3n) is 4.76. The first kappa shape index (κ1) is 21.5. The fourth-order valence-electron chi connectivity index (χ4n) is 3.13. The number of hydrogen-bond acceptors (Lipinski definition) is 7. The Bertz CT molecular complexity index is 1290. The number of carbonyl (C=O) groups is 2. The van der Waals surface area contributed by atoms with Gasteiger partial charge in [0.25, 0.3) is 0 Å². The Labute approximate surface area is 188 Å². The summed E-state index contributed by atoms with van der Waals surface area (Å²) in [5.41, 5.74) is 1.47. The molecule has 4 rings (SSSR count). The number of esters is 2. The Hall–Kier alpha value is -4.78. The van der Waals surface area contributed by atoms with Crippen LogP contribution in [0.2, 0.25) is 0 Å². The van der Waals surface area contributed by atoms with Crippen molar-refractivity contribution in [3.63, 3.8) is 0 Å². The maximum atomic E-state index is 12.6. The van der Waals surface area contributed by atoms with E-state index in [-0.39, 0.29) is 17.1 Å². The maximum absolute atomic E-state index is 12.6. The lowest BCUT2D eigenvalue weighted by Crippen LogP contribution is -2.10. The number of carbonyl (C=O) groups excluding carboxylic acids is 2. The van der Waals surface area contributed by atoms with E-state index in [9.17, 15) is 24.9 Å². The number of aromatic hydroxyl groups is 3. The molecule has 0 aliphatic heterocycles. The fraction of sp³-hybridized carbons (Fsp3) is 0. The second kappa shape index (κ2) is 9.15. The van der Waals surface area contributed by atoms with Crippen molar-refractivity contribution in [1.82, 2.24) is 0 Å². The number of phenolic OH excluding ortho intramolecular Hbond substituents is 3. The van der Waals surface area contributed by atoms with Crippen molar-refractivity contribution in [3.05, 3.63) is 102 Å². The second-order valence-corrected chi connectivity index (χ2v) is 7.03. The highest BCUT2D eigenvalue weighted by Crippen LogP contribution is 2.37. The van der Waals surface area contributed by atoms with E-state index in [4.69, 9.17) is 9.47 Å². The lowest BCUT2D eigenvalue weighted by Gasteiger charge is -2.13. The van der Waals surface area contributed by atoms with E-state index in [0.717, 1.165) is 17.7 Å². The monoisotopic (exact) mass is 442 g/mol. The van der Waals surface area contributed by atoms with Crippen molar-refractivity contribution in [2.24, 2.45) is 0 Å². The number of ether oxygens (including phenoxy) is 2. The number of hydrogen-bond donors (Lipinski definition) is 3. The van der Waals surface area contributed by atoms with Crippen LogP contribution in [0.3, 0.4) is 0 Å². The highest BCUT2D eigenvalue weighted by atomic mass is 16.5. The van der Waals surface area contributed by atoms with Gasteiger partial charge in [0.2, 0.25) is 0 Å². The molecule has 0 aliphatic rings. The summed E-state index contributed by atoms with van der Waals surface area (Å²) in [4.78, 5) is 25.1. The van der Waals surface area contributed by atoms with E-state index in [1.807, 2.05) is 30.3 Å². The SMILES string of the molecule is O=C(Oc1ccc(OC(=O)c2ccccc2)c(-c2ccccc2)c1)c1cc(O)c(O)c(O)c1. The zero-order valence-corrected chi connectivity index (χ0v) is 17.1. The van der Waals surface area contributed by atoms with Gasteiger partial charge in [0.15, 0.2) is 17.2 Å². The van der Waals surface area contributed by atoms with Crippen molar-refractivity contribution >= 4 is 11.9 Å². The molecule has 0 bridgehead atoms. The molecule has 7 nitrogen and oxygen atoms in total. The Balaban J connectivity index is 1.65. The molecule has 4 aromatic carbocycles. The van der Waals surface area contributed by atoms with E-state index >= 15 is 0 Å². The first-order chi connectivity index (χ1) is 15.9. The summed E-state index contributed by atoms with van der Waals surface area (Å²) in [6, 6.07) is 24.1. The quantitative estimate of drug-likeness (QED) is 0.229. The van der Waals surface area contributed by atoms with Crippen LogP contribution in [0.4, 0.5) is 0 Å². The average Bonchev–Trinajstić information content (AvgIpc) is 2.84. The van der Waals surface area contributed by atoms with E-state index in [1.54, 1.807) is 36.4 Å². The molecule has 0 radical (unpaired) electrons. The van der Waals surface area contributed by atoms with Gasteiger partial charge in [-0.05, 0) is 48.0 Å². The molecule has 0 unspecified atom stereocenters. The molecule has 0 atom stereocenters. The molecule has 33 heavy (non-hydrogen) atoms. The van der Waals surface area contributed by atoms with Crippen LogP contribution in [0.25, 0.3) is 11.1 Å². The third kappa shape index (κ3) is 4.77. The summed E-state index contributed by atoms with van der Waals surface area (Å²) in [5, 5.41) is 28.7. The Morgan fingerprint density at radius 1 is 0.606 bits per heavy atom. The molecule has 0 saturated heterocycles. The predicted molar refractivity (Wildman–Crippen MR) is 120 cm³/mol. The molecule has 164 valence electrons. The Kier molecular flexibility index (Phi) is 5.95. The van der Waals surface area contributed by atoms with Crippen molar-refractivity contribution < 1.29 is 34.4 Å².